The summed E-state index contributed by atoms with van der Waals surface area (Å²) in [4.78, 5) is 25.6. The number of aryl methyl sites for hydroxylation is 1. The van der Waals surface area contributed by atoms with Gasteiger partial charge in [-0.05, 0) is 79.2 Å². The van der Waals surface area contributed by atoms with Crippen molar-refractivity contribution in [3.8, 4) is 5.69 Å². The van der Waals surface area contributed by atoms with Crippen molar-refractivity contribution in [2.45, 2.75) is 13.3 Å². The maximum Gasteiger partial charge on any atom is 0.255 e. The van der Waals surface area contributed by atoms with Gasteiger partial charge >= 0.3 is 0 Å². The first-order valence-corrected chi connectivity index (χ1v) is 11.6. The molecule has 1 amide bonds. The molecule has 0 unspecified atom stereocenters. The van der Waals surface area contributed by atoms with Crippen molar-refractivity contribution >= 4 is 33.7 Å². The van der Waals surface area contributed by atoms with Crippen molar-refractivity contribution in [1.82, 2.24) is 19.5 Å². The highest BCUT2D eigenvalue weighted by Gasteiger charge is 2.14. The zero-order chi connectivity index (χ0) is 24.6. The van der Waals surface area contributed by atoms with E-state index in [4.69, 9.17) is 0 Å². The topological polar surface area (TPSA) is 75.6 Å². The third-order valence-corrected chi connectivity index (χ3v) is 6.19. The van der Waals surface area contributed by atoms with Crippen LogP contribution >= 0.6 is 0 Å². The Bertz CT molecular complexity index is 1680. The summed E-state index contributed by atoms with van der Waals surface area (Å²) < 4.78 is 15.3. The molecule has 2 heterocycles. The molecule has 0 aliphatic carbocycles. The number of halogens is 1. The van der Waals surface area contributed by atoms with Crippen LogP contribution < -0.4 is 5.32 Å². The molecule has 0 bridgehead atoms. The van der Waals surface area contributed by atoms with E-state index in [1.165, 1.54) is 12.1 Å². The van der Waals surface area contributed by atoms with Gasteiger partial charge in [0.05, 0.1) is 22.1 Å². The number of rotatable bonds is 5. The van der Waals surface area contributed by atoms with Crippen LogP contribution in [0.15, 0.2) is 91.0 Å². The van der Waals surface area contributed by atoms with Crippen LogP contribution in [0.2, 0.25) is 0 Å². The molecule has 0 aliphatic heterocycles. The Labute approximate surface area is 206 Å². The Morgan fingerprint density at radius 2 is 1.69 bits per heavy atom. The number of amides is 1. The first kappa shape index (κ1) is 21.7. The average molecular weight is 476 g/mol. The standard InChI is InChI=1S/C29H22FN5O/c1-18-31-26-15-8-20(17-27(26)35(18)23-13-9-21(30)10-14-23)29(36)32-22-11-6-19(7-12-22)16-28-33-24-4-2-3-5-25(24)34-28/h2-15,17H,16H2,1H3,(H,32,36)(H,33,34). The number of nitrogens with zero attached hydrogens (tertiary/aromatic N) is 3. The molecule has 0 radical (unpaired) electrons. The van der Waals surface area contributed by atoms with E-state index >= 15 is 0 Å². The van der Waals surface area contributed by atoms with Gasteiger partial charge in [-0.2, -0.15) is 0 Å². The molecule has 0 saturated carbocycles. The normalized spacial score (nSPS) is 11.3. The van der Waals surface area contributed by atoms with E-state index < -0.39 is 0 Å². The third kappa shape index (κ3) is 4.11. The molecule has 6 rings (SSSR count). The molecule has 4 aromatic carbocycles. The number of aromatic amines is 1. The molecule has 6 nitrogen and oxygen atoms in total. The monoisotopic (exact) mass is 475 g/mol. The molecule has 0 atom stereocenters. The summed E-state index contributed by atoms with van der Waals surface area (Å²) in [7, 11) is 0. The van der Waals surface area contributed by atoms with Crippen LogP contribution in [0.5, 0.6) is 0 Å². The van der Waals surface area contributed by atoms with Crippen LogP contribution in [0.25, 0.3) is 27.8 Å². The van der Waals surface area contributed by atoms with Crippen LogP contribution in [0.4, 0.5) is 10.1 Å². The Balaban J connectivity index is 1.21. The Morgan fingerprint density at radius 1 is 0.917 bits per heavy atom. The van der Waals surface area contributed by atoms with E-state index in [1.807, 2.05) is 72.2 Å². The maximum absolute atomic E-state index is 13.4. The smallest absolute Gasteiger partial charge is 0.255 e. The summed E-state index contributed by atoms with van der Waals surface area (Å²) in [5.74, 6) is 1.14. The Kier molecular flexibility index (Phi) is 5.30. The van der Waals surface area contributed by atoms with Gasteiger partial charge in [0.1, 0.15) is 17.5 Å². The molecule has 176 valence electrons. The molecule has 6 aromatic rings. The number of H-pyrrole nitrogens is 1. The second kappa shape index (κ2) is 8.78. The Hall–Kier alpha value is -4.78. The summed E-state index contributed by atoms with van der Waals surface area (Å²) in [6, 6.07) is 27.3. The highest BCUT2D eigenvalue weighted by molar-refractivity contribution is 6.06. The van der Waals surface area contributed by atoms with Crippen LogP contribution in [0.1, 0.15) is 27.6 Å². The molecule has 7 heteroatoms. The third-order valence-electron chi connectivity index (χ3n) is 6.19. The van der Waals surface area contributed by atoms with E-state index in [9.17, 15) is 9.18 Å². The minimum Gasteiger partial charge on any atom is -0.342 e. The summed E-state index contributed by atoms with van der Waals surface area (Å²) >= 11 is 0. The number of fused-ring (bicyclic) bond motifs is 2. The highest BCUT2D eigenvalue weighted by Crippen LogP contribution is 2.24. The van der Waals surface area contributed by atoms with Gasteiger partial charge in [0.25, 0.3) is 5.91 Å². The second-order valence-electron chi connectivity index (χ2n) is 8.70. The first-order valence-electron chi connectivity index (χ1n) is 11.6. The van der Waals surface area contributed by atoms with E-state index in [0.29, 0.717) is 17.7 Å². The molecular formula is C29H22FN5O. The van der Waals surface area contributed by atoms with Crippen LogP contribution in [-0.2, 0) is 6.42 Å². The van der Waals surface area contributed by atoms with Gasteiger partial charge in [0.15, 0.2) is 0 Å². The van der Waals surface area contributed by atoms with E-state index in [2.05, 4.69) is 20.3 Å². The van der Waals surface area contributed by atoms with E-state index in [1.54, 1.807) is 18.2 Å². The molecule has 0 fully saturated rings. The average Bonchev–Trinajstić information content (AvgIpc) is 3.44. The van der Waals surface area contributed by atoms with Crippen molar-refractivity contribution in [3.05, 3.63) is 120 Å². The predicted octanol–water partition coefficient (Wildman–Crippen LogP) is 6.19. The van der Waals surface area contributed by atoms with Gasteiger partial charge in [-0.3, -0.25) is 9.36 Å². The van der Waals surface area contributed by atoms with Crippen molar-refractivity contribution < 1.29 is 9.18 Å². The molecule has 0 saturated heterocycles. The lowest BCUT2D eigenvalue weighted by Crippen LogP contribution is -2.12. The zero-order valence-electron chi connectivity index (χ0n) is 19.5. The van der Waals surface area contributed by atoms with E-state index in [0.717, 1.165) is 45.0 Å². The number of anilines is 1. The first-order chi connectivity index (χ1) is 17.5. The molecule has 2 N–H and O–H groups in total. The van der Waals surface area contributed by atoms with Crippen molar-refractivity contribution in [1.29, 1.82) is 0 Å². The fourth-order valence-corrected chi connectivity index (χ4v) is 4.44. The van der Waals surface area contributed by atoms with Gasteiger partial charge in [-0.1, -0.05) is 24.3 Å². The highest BCUT2D eigenvalue weighted by atomic mass is 19.1. The quantitative estimate of drug-likeness (QED) is 0.312. The minimum atomic E-state index is -0.301. The lowest BCUT2D eigenvalue weighted by molar-refractivity contribution is 0.102. The van der Waals surface area contributed by atoms with Gasteiger partial charge in [-0.25, -0.2) is 14.4 Å². The number of hydrogen-bond acceptors (Lipinski definition) is 3. The lowest BCUT2D eigenvalue weighted by Gasteiger charge is -2.09. The Morgan fingerprint density at radius 3 is 2.47 bits per heavy atom. The van der Waals surface area contributed by atoms with Gasteiger partial charge in [0.2, 0.25) is 0 Å². The van der Waals surface area contributed by atoms with Crippen molar-refractivity contribution in [3.63, 3.8) is 0 Å². The zero-order valence-corrected chi connectivity index (χ0v) is 19.5. The second-order valence-corrected chi connectivity index (χ2v) is 8.70. The SMILES string of the molecule is Cc1nc2ccc(C(=O)Nc3ccc(Cc4nc5ccccc5[nH]4)cc3)cc2n1-c1ccc(F)cc1. The molecular weight excluding hydrogens is 453 g/mol. The number of nitrogens with one attached hydrogen (secondary N) is 2. The number of imidazole rings is 2. The number of hydrogen-bond donors (Lipinski definition) is 2. The van der Waals surface area contributed by atoms with Crippen molar-refractivity contribution in [2.75, 3.05) is 5.32 Å². The number of carbonyl (C=O) groups is 1. The van der Waals surface area contributed by atoms with Crippen LogP contribution in [0, 0.1) is 12.7 Å². The largest absolute Gasteiger partial charge is 0.342 e. The van der Waals surface area contributed by atoms with Gasteiger partial charge in [0, 0.05) is 23.4 Å². The molecule has 0 spiro atoms. The minimum absolute atomic E-state index is 0.216. The number of benzene rings is 4. The maximum atomic E-state index is 13.4. The van der Waals surface area contributed by atoms with E-state index in [-0.39, 0.29) is 11.7 Å². The molecule has 2 aromatic heterocycles. The van der Waals surface area contributed by atoms with Gasteiger partial charge in [-0.15, -0.1) is 0 Å². The fraction of sp³-hybridized carbons (Fsp3) is 0.0690. The number of aromatic nitrogens is 4. The van der Waals surface area contributed by atoms with Crippen LogP contribution in [0.3, 0.4) is 0 Å². The predicted molar refractivity (Wildman–Crippen MR) is 139 cm³/mol. The summed E-state index contributed by atoms with van der Waals surface area (Å²) in [6.07, 6.45) is 0.673. The van der Waals surface area contributed by atoms with Crippen molar-refractivity contribution in [2.24, 2.45) is 0 Å². The van der Waals surface area contributed by atoms with Gasteiger partial charge < -0.3 is 10.3 Å². The summed E-state index contributed by atoms with van der Waals surface area (Å²) in [5.41, 5.74) is 6.61. The lowest BCUT2D eigenvalue weighted by atomic mass is 10.1. The summed E-state index contributed by atoms with van der Waals surface area (Å²) in [5, 5.41) is 2.97. The van der Waals surface area contributed by atoms with Crippen LogP contribution in [-0.4, -0.2) is 25.4 Å². The summed E-state index contributed by atoms with van der Waals surface area (Å²) in [6.45, 7) is 1.88. The fourth-order valence-electron chi connectivity index (χ4n) is 4.44. The number of carbonyl (C=O) groups excluding carboxylic acids is 1. The molecule has 0 aliphatic rings. The number of para-hydroxylation sites is 2. The molecule has 36 heavy (non-hydrogen) atoms.